The van der Waals surface area contributed by atoms with Crippen LogP contribution in [0.4, 0.5) is 5.13 Å². The molecule has 0 bridgehead atoms. The number of unbranched alkanes of at least 4 members (excludes halogenated alkanes) is 3. The van der Waals surface area contributed by atoms with Crippen LogP contribution in [-0.4, -0.2) is 61.6 Å². The Hall–Kier alpha value is -1.52. The quantitative estimate of drug-likeness (QED) is 0.327. The number of amides is 1. The summed E-state index contributed by atoms with van der Waals surface area (Å²) in [6.45, 7) is 9.15. The van der Waals surface area contributed by atoms with Crippen LogP contribution in [-0.2, 0) is 19.6 Å². The number of ether oxygens (including phenoxy) is 1. The standard InChI is InChI=1S/C22H37N3O5S2/c1-5-8-10-13-25(22-23-17(4)19(31-22)21(27)30-7-3)20(26)18-11-14-24(15-12-18)32(28,29)16-9-6-2/h18H,5-16H2,1-4H3. The highest BCUT2D eigenvalue weighted by Gasteiger charge is 2.34. The highest BCUT2D eigenvalue weighted by molar-refractivity contribution is 7.89. The first-order chi connectivity index (χ1) is 15.2. The van der Waals surface area contributed by atoms with Crippen LogP contribution >= 0.6 is 11.3 Å². The molecule has 0 saturated carbocycles. The van der Waals surface area contributed by atoms with Crippen molar-refractivity contribution in [2.75, 3.05) is 36.9 Å². The summed E-state index contributed by atoms with van der Waals surface area (Å²) >= 11 is 1.19. The lowest BCUT2D eigenvalue weighted by molar-refractivity contribution is -0.123. The number of rotatable bonds is 12. The molecular weight excluding hydrogens is 450 g/mol. The minimum Gasteiger partial charge on any atom is -0.462 e. The van der Waals surface area contributed by atoms with Crippen LogP contribution < -0.4 is 4.90 Å². The van der Waals surface area contributed by atoms with Crippen molar-refractivity contribution in [3.63, 3.8) is 0 Å². The number of esters is 1. The first kappa shape index (κ1) is 26.7. The number of hydrogen-bond donors (Lipinski definition) is 0. The van der Waals surface area contributed by atoms with Crippen molar-refractivity contribution in [3.05, 3.63) is 10.6 Å². The summed E-state index contributed by atoms with van der Waals surface area (Å²) < 4.78 is 31.6. The number of piperidine rings is 1. The molecule has 1 aliphatic heterocycles. The van der Waals surface area contributed by atoms with Crippen LogP contribution in [0.5, 0.6) is 0 Å². The Bertz CT molecular complexity index is 861. The van der Waals surface area contributed by atoms with Crippen molar-refractivity contribution < 1.29 is 22.7 Å². The number of aromatic nitrogens is 1. The molecule has 1 aromatic heterocycles. The zero-order valence-corrected chi connectivity index (χ0v) is 21.4. The molecule has 0 aromatic carbocycles. The van der Waals surface area contributed by atoms with Gasteiger partial charge < -0.3 is 4.74 Å². The fraction of sp³-hybridized carbons (Fsp3) is 0.773. The first-order valence-electron chi connectivity index (χ1n) is 11.7. The van der Waals surface area contributed by atoms with Gasteiger partial charge in [0.05, 0.1) is 18.1 Å². The molecule has 182 valence electrons. The van der Waals surface area contributed by atoms with Gasteiger partial charge in [-0.1, -0.05) is 44.4 Å². The maximum Gasteiger partial charge on any atom is 0.350 e. The summed E-state index contributed by atoms with van der Waals surface area (Å²) in [5.41, 5.74) is 0.563. The van der Waals surface area contributed by atoms with Crippen molar-refractivity contribution in [3.8, 4) is 0 Å². The van der Waals surface area contributed by atoms with E-state index < -0.39 is 16.0 Å². The zero-order valence-electron chi connectivity index (χ0n) is 19.8. The summed E-state index contributed by atoms with van der Waals surface area (Å²) in [4.78, 5) is 32.3. The first-order valence-corrected chi connectivity index (χ1v) is 14.1. The van der Waals surface area contributed by atoms with E-state index in [1.807, 2.05) is 6.92 Å². The van der Waals surface area contributed by atoms with Crippen molar-refractivity contribution in [2.45, 2.75) is 72.6 Å². The van der Waals surface area contributed by atoms with Gasteiger partial charge in [-0.05, 0) is 39.5 Å². The predicted molar refractivity (Wildman–Crippen MR) is 128 cm³/mol. The lowest BCUT2D eigenvalue weighted by Gasteiger charge is -2.33. The molecule has 1 aliphatic rings. The van der Waals surface area contributed by atoms with E-state index in [0.717, 1.165) is 25.7 Å². The largest absolute Gasteiger partial charge is 0.462 e. The topological polar surface area (TPSA) is 96.9 Å². The minimum absolute atomic E-state index is 0.0316. The molecule has 32 heavy (non-hydrogen) atoms. The molecule has 8 nitrogen and oxygen atoms in total. The van der Waals surface area contributed by atoms with Gasteiger partial charge >= 0.3 is 5.97 Å². The molecule has 0 atom stereocenters. The molecular formula is C22H37N3O5S2. The Morgan fingerprint density at radius 1 is 1.12 bits per heavy atom. The molecule has 1 amide bonds. The van der Waals surface area contributed by atoms with Crippen molar-refractivity contribution >= 4 is 38.4 Å². The normalized spacial score (nSPS) is 15.6. The van der Waals surface area contributed by atoms with Crippen molar-refractivity contribution in [1.29, 1.82) is 0 Å². The summed E-state index contributed by atoms with van der Waals surface area (Å²) in [7, 11) is -3.26. The number of anilines is 1. The molecule has 0 unspecified atom stereocenters. The van der Waals surface area contributed by atoms with Gasteiger partial charge in [0.2, 0.25) is 15.9 Å². The smallest absolute Gasteiger partial charge is 0.350 e. The summed E-state index contributed by atoms with van der Waals surface area (Å²) in [5.74, 6) is -0.527. The zero-order chi connectivity index (χ0) is 23.7. The number of carbonyl (C=O) groups excluding carboxylic acids is 2. The fourth-order valence-corrected chi connectivity index (χ4v) is 6.43. The minimum atomic E-state index is -3.26. The Balaban J connectivity index is 2.14. The Morgan fingerprint density at radius 2 is 1.78 bits per heavy atom. The van der Waals surface area contributed by atoms with Crippen molar-refractivity contribution in [1.82, 2.24) is 9.29 Å². The fourth-order valence-electron chi connectivity index (χ4n) is 3.76. The second-order valence-electron chi connectivity index (χ2n) is 8.17. The van der Waals surface area contributed by atoms with Gasteiger partial charge in [0.25, 0.3) is 0 Å². The highest BCUT2D eigenvalue weighted by Crippen LogP contribution is 2.31. The highest BCUT2D eigenvalue weighted by atomic mass is 32.2. The molecule has 0 N–H and O–H groups in total. The molecule has 1 fully saturated rings. The second-order valence-corrected chi connectivity index (χ2v) is 11.2. The molecule has 1 aromatic rings. The summed E-state index contributed by atoms with van der Waals surface area (Å²) in [6.07, 6.45) is 5.36. The van der Waals surface area contributed by atoms with Gasteiger partial charge in [-0.15, -0.1) is 0 Å². The molecule has 1 saturated heterocycles. The second kappa shape index (κ2) is 12.6. The average molecular weight is 488 g/mol. The Labute approximate surface area is 196 Å². The third-order valence-corrected chi connectivity index (χ3v) is 8.80. The molecule has 0 spiro atoms. The maximum absolute atomic E-state index is 13.4. The van der Waals surface area contributed by atoms with Gasteiger partial charge in [-0.3, -0.25) is 9.69 Å². The van der Waals surface area contributed by atoms with E-state index in [1.54, 1.807) is 18.7 Å². The SMILES string of the molecule is CCCCCN(C(=O)C1CCN(S(=O)(=O)CCCC)CC1)c1nc(C)c(C(=O)OCC)s1. The Morgan fingerprint density at radius 3 is 2.38 bits per heavy atom. The Kier molecular flexibility index (Phi) is 10.6. The number of nitrogens with zero attached hydrogens (tertiary/aromatic N) is 3. The van der Waals surface area contributed by atoms with E-state index >= 15 is 0 Å². The number of aryl methyl sites for hydroxylation is 1. The van der Waals surface area contributed by atoms with E-state index in [9.17, 15) is 18.0 Å². The lowest BCUT2D eigenvalue weighted by Crippen LogP contribution is -2.45. The third-order valence-electron chi connectivity index (χ3n) is 5.68. The molecule has 0 aliphatic carbocycles. The van der Waals surface area contributed by atoms with Crippen LogP contribution in [0.3, 0.4) is 0 Å². The van der Waals surface area contributed by atoms with Crippen molar-refractivity contribution in [2.24, 2.45) is 5.92 Å². The van der Waals surface area contributed by atoms with Gasteiger partial charge in [0.15, 0.2) is 5.13 Å². The molecule has 0 radical (unpaired) electrons. The van der Waals surface area contributed by atoms with E-state index in [1.165, 1.54) is 15.6 Å². The lowest BCUT2D eigenvalue weighted by atomic mass is 9.96. The van der Waals surface area contributed by atoms with Crippen LogP contribution in [0.25, 0.3) is 0 Å². The monoisotopic (exact) mass is 487 g/mol. The maximum atomic E-state index is 13.4. The number of carbonyl (C=O) groups is 2. The predicted octanol–water partition coefficient (Wildman–Crippen LogP) is 3.99. The van der Waals surface area contributed by atoms with E-state index in [0.29, 0.717) is 54.6 Å². The number of thiazole rings is 1. The number of hydrogen-bond acceptors (Lipinski definition) is 7. The van der Waals surface area contributed by atoms with Gasteiger partial charge in [-0.2, -0.15) is 0 Å². The van der Waals surface area contributed by atoms with Crippen LogP contribution in [0.1, 0.15) is 81.1 Å². The molecule has 10 heteroatoms. The van der Waals surface area contributed by atoms with Gasteiger partial charge in [0, 0.05) is 25.6 Å². The van der Waals surface area contributed by atoms with Crippen LogP contribution in [0.2, 0.25) is 0 Å². The average Bonchev–Trinajstić information content (AvgIpc) is 3.16. The van der Waals surface area contributed by atoms with Gasteiger partial charge in [0.1, 0.15) is 4.88 Å². The van der Waals surface area contributed by atoms with E-state index in [4.69, 9.17) is 4.74 Å². The number of sulfonamides is 1. The molecule has 2 rings (SSSR count). The van der Waals surface area contributed by atoms with E-state index in [-0.39, 0.29) is 24.2 Å². The van der Waals surface area contributed by atoms with Crippen LogP contribution in [0.15, 0.2) is 0 Å². The van der Waals surface area contributed by atoms with Crippen LogP contribution in [0, 0.1) is 12.8 Å². The summed E-state index contributed by atoms with van der Waals surface area (Å²) in [5, 5.41) is 0.518. The summed E-state index contributed by atoms with van der Waals surface area (Å²) in [6, 6.07) is 0. The van der Waals surface area contributed by atoms with Gasteiger partial charge in [-0.25, -0.2) is 22.5 Å². The third kappa shape index (κ3) is 6.99. The van der Waals surface area contributed by atoms with E-state index in [2.05, 4.69) is 11.9 Å². The molecule has 2 heterocycles.